The molecule has 0 aliphatic rings. The van der Waals surface area contributed by atoms with Crippen molar-refractivity contribution in [1.29, 1.82) is 0 Å². The Balaban J connectivity index is 0.00000225. The van der Waals surface area contributed by atoms with E-state index in [9.17, 15) is 15.0 Å². The Morgan fingerprint density at radius 2 is 1.72 bits per heavy atom. The maximum Gasteiger partial charge on any atom is 0.344 e. The van der Waals surface area contributed by atoms with Gasteiger partial charge in [-0.15, -0.1) is 0 Å². The topological polar surface area (TPSA) is 114 Å². The molecule has 2 unspecified atom stereocenters. The Kier molecular flexibility index (Phi) is 5.93. The normalized spacial score (nSPS) is 13.2. The Bertz CT molecular complexity index is 891. The van der Waals surface area contributed by atoms with Gasteiger partial charge in [-0.3, -0.25) is 0 Å². The van der Waals surface area contributed by atoms with Crippen molar-refractivity contribution in [3.63, 3.8) is 0 Å². The van der Waals surface area contributed by atoms with E-state index in [0.717, 1.165) is 5.56 Å². The lowest BCUT2D eigenvalue weighted by molar-refractivity contribution is 0.135. The van der Waals surface area contributed by atoms with Gasteiger partial charge in [-0.1, -0.05) is 42.5 Å². The van der Waals surface area contributed by atoms with Crippen molar-refractivity contribution in [2.24, 2.45) is 0 Å². The molecule has 25 heavy (non-hydrogen) atoms. The average Bonchev–Trinajstić information content (AvgIpc) is 2.61. The zero-order valence-electron chi connectivity index (χ0n) is 13.8. The van der Waals surface area contributed by atoms with E-state index in [4.69, 9.17) is 4.42 Å². The molecule has 0 saturated heterocycles. The molecule has 0 bridgehead atoms. The van der Waals surface area contributed by atoms with Gasteiger partial charge in [0.15, 0.2) is 0 Å². The van der Waals surface area contributed by atoms with E-state index < -0.39 is 11.7 Å². The summed E-state index contributed by atoms with van der Waals surface area (Å²) in [5.74, 6) is -0.0873. The Morgan fingerprint density at radius 1 is 1.08 bits per heavy atom. The van der Waals surface area contributed by atoms with Gasteiger partial charge < -0.3 is 25.4 Å². The molecular weight excluding hydrogens is 322 g/mol. The molecule has 1 heterocycles. The predicted molar refractivity (Wildman–Crippen MR) is 95.5 cm³/mol. The second kappa shape index (κ2) is 7.94. The number of rotatable bonds is 5. The standard InChI is InChI=1S/C19H19NO4.H2O/c1-12(17(21)13-7-3-2-4-8-13)20-11-15-18(22)14-9-5-6-10-16(14)24-19(15)23;/h2-10,12,17,20-22H,11H2,1H3;1H2. The minimum absolute atomic E-state index is 0. The monoisotopic (exact) mass is 343 g/mol. The fourth-order valence-corrected chi connectivity index (χ4v) is 2.64. The highest BCUT2D eigenvalue weighted by atomic mass is 16.4. The van der Waals surface area contributed by atoms with Gasteiger partial charge in [0, 0.05) is 12.6 Å². The molecule has 5 N–H and O–H groups in total. The largest absolute Gasteiger partial charge is 0.507 e. The van der Waals surface area contributed by atoms with Crippen LogP contribution in [0.2, 0.25) is 0 Å². The van der Waals surface area contributed by atoms with Gasteiger partial charge in [0.25, 0.3) is 0 Å². The molecule has 0 spiro atoms. The van der Waals surface area contributed by atoms with Gasteiger partial charge in [-0.25, -0.2) is 4.79 Å². The van der Waals surface area contributed by atoms with E-state index in [-0.39, 0.29) is 29.4 Å². The molecule has 2 aromatic carbocycles. The first-order chi connectivity index (χ1) is 11.6. The van der Waals surface area contributed by atoms with Gasteiger partial charge in [0.05, 0.1) is 17.1 Å². The molecule has 0 aliphatic heterocycles. The van der Waals surface area contributed by atoms with Gasteiger partial charge in [0.2, 0.25) is 0 Å². The third kappa shape index (κ3) is 3.88. The molecule has 0 radical (unpaired) electrons. The minimum atomic E-state index is -0.721. The highest BCUT2D eigenvalue weighted by Crippen LogP contribution is 2.26. The lowest BCUT2D eigenvalue weighted by Gasteiger charge is -2.20. The fraction of sp³-hybridized carbons (Fsp3) is 0.211. The van der Waals surface area contributed by atoms with Crippen LogP contribution in [-0.4, -0.2) is 21.7 Å². The van der Waals surface area contributed by atoms with Crippen LogP contribution in [0.25, 0.3) is 11.0 Å². The molecular formula is C19H21NO5. The van der Waals surface area contributed by atoms with Crippen molar-refractivity contribution in [1.82, 2.24) is 5.32 Å². The number of benzene rings is 2. The summed E-state index contributed by atoms with van der Waals surface area (Å²) in [5, 5.41) is 24.3. The van der Waals surface area contributed by atoms with E-state index in [1.807, 2.05) is 37.3 Å². The quantitative estimate of drug-likeness (QED) is 0.612. The van der Waals surface area contributed by atoms with Crippen molar-refractivity contribution in [2.75, 3.05) is 0 Å². The second-order valence-corrected chi connectivity index (χ2v) is 5.74. The number of hydrogen-bond donors (Lipinski definition) is 3. The minimum Gasteiger partial charge on any atom is -0.507 e. The molecule has 3 aromatic rings. The molecule has 0 amide bonds. The van der Waals surface area contributed by atoms with Crippen LogP contribution in [0.4, 0.5) is 0 Å². The van der Waals surface area contributed by atoms with Crippen LogP contribution >= 0.6 is 0 Å². The van der Waals surface area contributed by atoms with E-state index in [1.54, 1.807) is 24.3 Å². The molecule has 3 rings (SSSR count). The van der Waals surface area contributed by atoms with Crippen LogP contribution in [0.1, 0.15) is 24.2 Å². The number of para-hydroxylation sites is 1. The van der Waals surface area contributed by atoms with Crippen LogP contribution in [0, 0.1) is 0 Å². The predicted octanol–water partition coefficient (Wildman–Crippen LogP) is 1.89. The van der Waals surface area contributed by atoms with Crippen molar-refractivity contribution < 1.29 is 20.1 Å². The van der Waals surface area contributed by atoms with Crippen molar-refractivity contribution in [3.05, 3.63) is 76.1 Å². The summed E-state index contributed by atoms with van der Waals surface area (Å²) in [6, 6.07) is 15.8. The second-order valence-electron chi connectivity index (χ2n) is 5.74. The van der Waals surface area contributed by atoms with Crippen LogP contribution in [-0.2, 0) is 6.54 Å². The van der Waals surface area contributed by atoms with Crippen molar-refractivity contribution in [2.45, 2.75) is 25.6 Å². The smallest absolute Gasteiger partial charge is 0.344 e. The Hall–Kier alpha value is -2.67. The molecule has 132 valence electrons. The number of aromatic hydroxyl groups is 1. The first-order valence-corrected chi connectivity index (χ1v) is 7.78. The van der Waals surface area contributed by atoms with E-state index >= 15 is 0 Å². The fourth-order valence-electron chi connectivity index (χ4n) is 2.64. The van der Waals surface area contributed by atoms with Gasteiger partial charge in [-0.2, -0.15) is 0 Å². The maximum absolute atomic E-state index is 12.1. The summed E-state index contributed by atoms with van der Waals surface area (Å²) in [6.07, 6.45) is -0.721. The highest BCUT2D eigenvalue weighted by molar-refractivity contribution is 5.83. The molecule has 0 saturated carbocycles. The van der Waals surface area contributed by atoms with E-state index in [0.29, 0.717) is 11.0 Å². The Morgan fingerprint density at radius 3 is 2.44 bits per heavy atom. The van der Waals surface area contributed by atoms with Crippen molar-refractivity contribution >= 4 is 11.0 Å². The number of aliphatic hydroxyl groups is 1. The first-order valence-electron chi connectivity index (χ1n) is 7.78. The van der Waals surface area contributed by atoms with Crippen LogP contribution in [0.15, 0.2) is 63.8 Å². The average molecular weight is 343 g/mol. The van der Waals surface area contributed by atoms with Crippen LogP contribution < -0.4 is 10.9 Å². The third-order valence-corrected chi connectivity index (χ3v) is 4.09. The molecule has 1 aromatic heterocycles. The zero-order chi connectivity index (χ0) is 17.1. The van der Waals surface area contributed by atoms with E-state index in [1.165, 1.54) is 0 Å². The van der Waals surface area contributed by atoms with Crippen LogP contribution in [0.3, 0.4) is 0 Å². The van der Waals surface area contributed by atoms with Gasteiger partial charge in [-0.05, 0) is 24.6 Å². The summed E-state index contributed by atoms with van der Waals surface area (Å²) in [5.41, 5.74) is 0.703. The summed E-state index contributed by atoms with van der Waals surface area (Å²) in [4.78, 5) is 12.1. The maximum atomic E-state index is 12.1. The zero-order valence-corrected chi connectivity index (χ0v) is 13.8. The molecule has 0 aliphatic carbocycles. The molecule has 6 heteroatoms. The summed E-state index contributed by atoms with van der Waals surface area (Å²) in [6.45, 7) is 1.92. The van der Waals surface area contributed by atoms with Gasteiger partial charge in [0.1, 0.15) is 11.3 Å². The number of aliphatic hydroxyl groups excluding tert-OH is 1. The van der Waals surface area contributed by atoms with Crippen molar-refractivity contribution in [3.8, 4) is 5.75 Å². The SMILES string of the molecule is CC(NCc1c(O)c2ccccc2oc1=O)C(O)c1ccccc1.O. The number of hydrogen-bond acceptors (Lipinski definition) is 5. The molecule has 6 nitrogen and oxygen atoms in total. The van der Waals surface area contributed by atoms with Crippen LogP contribution in [0.5, 0.6) is 5.75 Å². The lowest BCUT2D eigenvalue weighted by atomic mass is 10.0. The van der Waals surface area contributed by atoms with Gasteiger partial charge >= 0.3 is 5.63 Å². The van der Waals surface area contributed by atoms with E-state index in [2.05, 4.69) is 5.32 Å². The highest BCUT2D eigenvalue weighted by Gasteiger charge is 2.18. The Labute approximate surface area is 144 Å². The summed E-state index contributed by atoms with van der Waals surface area (Å²) < 4.78 is 5.23. The first kappa shape index (κ1) is 18.7. The molecule has 0 fully saturated rings. The lowest BCUT2D eigenvalue weighted by Crippen LogP contribution is -2.33. The number of nitrogens with one attached hydrogen (secondary N) is 1. The third-order valence-electron chi connectivity index (χ3n) is 4.09. The summed E-state index contributed by atoms with van der Waals surface area (Å²) in [7, 11) is 0. The molecule has 2 atom stereocenters. The number of fused-ring (bicyclic) bond motifs is 1. The summed E-state index contributed by atoms with van der Waals surface area (Å²) >= 11 is 0.